The number of unbranched alkanes of at least 4 members (excludes halogenated alkanes) is 4. The van der Waals surface area contributed by atoms with Crippen LogP contribution >= 0.6 is 15.9 Å². The molecule has 5 rings (SSSR count). The average Bonchev–Trinajstić information content (AvgIpc) is 3.37. The third-order valence-electron chi connectivity index (χ3n) is 6.74. The number of carbonyl (C=O) groups is 1. The Morgan fingerprint density at radius 1 is 0.658 bits per heavy atom. The first-order chi connectivity index (χ1) is 18.7. The summed E-state index contributed by atoms with van der Waals surface area (Å²) < 4.78 is 12.2. The van der Waals surface area contributed by atoms with Crippen molar-refractivity contribution >= 4 is 32.7 Å². The van der Waals surface area contributed by atoms with Gasteiger partial charge < -0.3 is 9.15 Å². The zero-order chi connectivity index (χ0) is 26.2. The van der Waals surface area contributed by atoms with Crippen LogP contribution in [0.3, 0.4) is 0 Å². The molecule has 0 fully saturated rings. The highest BCUT2D eigenvalue weighted by Gasteiger charge is 2.23. The summed E-state index contributed by atoms with van der Waals surface area (Å²) in [6.45, 7) is 0.709. The summed E-state index contributed by atoms with van der Waals surface area (Å²) in [6.07, 6.45) is 5.96. The van der Waals surface area contributed by atoms with E-state index in [4.69, 9.17) is 9.15 Å². The van der Waals surface area contributed by atoms with E-state index in [1.807, 2.05) is 91.0 Å². The number of ketones is 1. The number of hydrogen-bond donors (Lipinski definition) is 0. The minimum atomic E-state index is -0.0511. The molecule has 0 spiro atoms. The Morgan fingerprint density at radius 3 is 2.05 bits per heavy atom. The monoisotopic (exact) mass is 566 g/mol. The average molecular weight is 568 g/mol. The Balaban J connectivity index is 1.35. The number of furan rings is 1. The molecule has 0 radical (unpaired) electrons. The highest BCUT2D eigenvalue weighted by atomic mass is 79.9. The maximum Gasteiger partial charge on any atom is 0.197 e. The minimum Gasteiger partial charge on any atom is -0.494 e. The number of benzene rings is 4. The van der Waals surface area contributed by atoms with Crippen LogP contribution in [0.15, 0.2) is 108 Å². The summed E-state index contributed by atoms with van der Waals surface area (Å²) in [5.74, 6) is 1.36. The van der Waals surface area contributed by atoms with Gasteiger partial charge in [0.05, 0.1) is 12.2 Å². The Bertz CT molecular complexity index is 1470. The van der Waals surface area contributed by atoms with Crippen molar-refractivity contribution in [2.45, 2.75) is 32.1 Å². The molecule has 4 heteroatoms. The molecule has 5 aromatic rings. The molecule has 4 aromatic carbocycles. The second-order valence-electron chi connectivity index (χ2n) is 9.40. The van der Waals surface area contributed by atoms with Crippen molar-refractivity contribution in [3.8, 4) is 28.2 Å². The van der Waals surface area contributed by atoms with Gasteiger partial charge in [0.1, 0.15) is 17.1 Å². The third kappa shape index (κ3) is 6.08. The summed E-state index contributed by atoms with van der Waals surface area (Å²) in [7, 11) is 0. The number of para-hydroxylation sites is 1. The molecule has 0 N–H and O–H groups in total. The summed E-state index contributed by atoms with van der Waals surface area (Å²) in [5.41, 5.74) is 4.98. The van der Waals surface area contributed by atoms with E-state index in [-0.39, 0.29) is 5.78 Å². The third-order valence-corrected chi connectivity index (χ3v) is 7.30. The number of alkyl halides is 1. The lowest BCUT2D eigenvalue weighted by molar-refractivity contribution is 0.104. The molecule has 0 amide bonds. The predicted octanol–water partition coefficient (Wildman–Crippen LogP) is 9.72. The Morgan fingerprint density at radius 2 is 1.29 bits per heavy atom. The van der Waals surface area contributed by atoms with Gasteiger partial charge in [0.15, 0.2) is 5.78 Å². The summed E-state index contributed by atoms with van der Waals surface area (Å²) >= 11 is 3.48. The highest BCUT2D eigenvalue weighted by Crippen LogP contribution is 2.36. The smallest absolute Gasteiger partial charge is 0.197 e. The number of carbonyl (C=O) groups excluding carboxylic acids is 1. The van der Waals surface area contributed by atoms with Crippen molar-refractivity contribution in [1.29, 1.82) is 0 Å². The fourth-order valence-electron chi connectivity index (χ4n) is 4.68. The zero-order valence-electron chi connectivity index (χ0n) is 21.4. The largest absolute Gasteiger partial charge is 0.494 e. The lowest BCUT2D eigenvalue weighted by atomic mass is 9.96. The number of ether oxygens (including phenoxy) is 1. The van der Waals surface area contributed by atoms with Crippen molar-refractivity contribution in [3.05, 3.63) is 114 Å². The van der Waals surface area contributed by atoms with Gasteiger partial charge in [-0.15, -0.1) is 0 Å². The van der Waals surface area contributed by atoms with Crippen molar-refractivity contribution < 1.29 is 13.9 Å². The van der Waals surface area contributed by atoms with Crippen molar-refractivity contribution in [3.63, 3.8) is 0 Å². The Hall–Kier alpha value is -3.63. The summed E-state index contributed by atoms with van der Waals surface area (Å²) in [6, 6.07) is 33.5. The number of hydrogen-bond acceptors (Lipinski definition) is 3. The van der Waals surface area contributed by atoms with Crippen LogP contribution in [-0.4, -0.2) is 17.7 Å². The van der Waals surface area contributed by atoms with Crippen LogP contribution in [0.1, 0.15) is 48.0 Å². The van der Waals surface area contributed by atoms with Gasteiger partial charge in [-0.2, -0.15) is 0 Å². The van der Waals surface area contributed by atoms with Crippen LogP contribution in [0.25, 0.3) is 33.4 Å². The molecule has 0 saturated heterocycles. The van der Waals surface area contributed by atoms with Crippen LogP contribution in [0.4, 0.5) is 0 Å². The van der Waals surface area contributed by atoms with E-state index >= 15 is 0 Å². The first-order valence-corrected chi connectivity index (χ1v) is 14.4. The van der Waals surface area contributed by atoms with Crippen molar-refractivity contribution in [1.82, 2.24) is 0 Å². The molecule has 1 aromatic heterocycles. The molecule has 192 valence electrons. The molecule has 3 nitrogen and oxygen atoms in total. The van der Waals surface area contributed by atoms with Gasteiger partial charge in [-0.05, 0) is 54.3 Å². The van der Waals surface area contributed by atoms with Crippen molar-refractivity contribution in [2.75, 3.05) is 11.9 Å². The quantitative estimate of drug-likeness (QED) is 0.0856. The van der Waals surface area contributed by atoms with E-state index in [1.165, 1.54) is 25.7 Å². The predicted molar refractivity (Wildman–Crippen MR) is 159 cm³/mol. The zero-order valence-corrected chi connectivity index (χ0v) is 23.0. The lowest BCUT2D eigenvalue weighted by Crippen LogP contribution is -2.02. The lowest BCUT2D eigenvalue weighted by Gasteiger charge is -2.08. The minimum absolute atomic E-state index is 0.0511. The molecule has 1 heterocycles. The Kier molecular flexibility index (Phi) is 8.72. The van der Waals surface area contributed by atoms with Gasteiger partial charge in [0, 0.05) is 21.8 Å². The standard InChI is InChI=1S/C34H31BrO3/c35-23-9-2-1-3-10-24-37-29-21-19-28(20-22-29)34-32(30-13-7-8-14-31(30)38-34)33(36)27-17-15-26(16-18-27)25-11-5-4-6-12-25/h4-8,11-22H,1-3,9-10,23-24H2. The van der Waals surface area contributed by atoms with E-state index in [9.17, 15) is 4.79 Å². The molecule has 0 atom stereocenters. The van der Waals surface area contributed by atoms with Crippen LogP contribution < -0.4 is 4.74 Å². The summed E-state index contributed by atoms with van der Waals surface area (Å²) in [4.78, 5) is 13.8. The maximum atomic E-state index is 13.8. The SMILES string of the molecule is O=C(c1ccc(-c2ccccc2)cc1)c1c(-c2ccc(OCCCCCCCBr)cc2)oc2ccccc12. The van der Waals surface area contributed by atoms with Gasteiger partial charge in [-0.3, -0.25) is 4.79 Å². The molecular weight excluding hydrogens is 536 g/mol. The molecule has 0 aliphatic rings. The van der Waals surface area contributed by atoms with E-state index in [0.717, 1.165) is 39.6 Å². The van der Waals surface area contributed by atoms with Crippen LogP contribution in [0.2, 0.25) is 0 Å². The Labute approximate surface area is 232 Å². The number of halogens is 1. The van der Waals surface area contributed by atoms with E-state index in [0.29, 0.717) is 29.1 Å². The van der Waals surface area contributed by atoms with E-state index in [1.54, 1.807) is 0 Å². The van der Waals surface area contributed by atoms with Crippen LogP contribution in [0.5, 0.6) is 5.75 Å². The van der Waals surface area contributed by atoms with Gasteiger partial charge in [-0.1, -0.05) is 108 Å². The highest BCUT2D eigenvalue weighted by molar-refractivity contribution is 9.09. The van der Waals surface area contributed by atoms with Gasteiger partial charge in [0.25, 0.3) is 0 Å². The van der Waals surface area contributed by atoms with Crippen LogP contribution in [-0.2, 0) is 0 Å². The molecule has 38 heavy (non-hydrogen) atoms. The van der Waals surface area contributed by atoms with Gasteiger partial charge in [0.2, 0.25) is 0 Å². The second-order valence-corrected chi connectivity index (χ2v) is 10.2. The topological polar surface area (TPSA) is 39.4 Å². The summed E-state index contributed by atoms with van der Waals surface area (Å²) in [5, 5.41) is 1.90. The fraction of sp³-hybridized carbons (Fsp3) is 0.206. The van der Waals surface area contributed by atoms with Gasteiger partial charge >= 0.3 is 0 Å². The number of fused-ring (bicyclic) bond motifs is 1. The second kappa shape index (κ2) is 12.7. The maximum absolute atomic E-state index is 13.8. The van der Waals surface area contributed by atoms with Gasteiger partial charge in [-0.25, -0.2) is 0 Å². The fourth-order valence-corrected chi connectivity index (χ4v) is 5.08. The number of rotatable bonds is 12. The first-order valence-electron chi connectivity index (χ1n) is 13.3. The van der Waals surface area contributed by atoms with Crippen LogP contribution in [0, 0.1) is 0 Å². The van der Waals surface area contributed by atoms with E-state index in [2.05, 4.69) is 28.1 Å². The molecule has 0 aliphatic carbocycles. The molecular formula is C34H31BrO3. The molecule has 0 aliphatic heterocycles. The molecule has 0 unspecified atom stereocenters. The molecule has 0 bridgehead atoms. The molecule has 0 saturated carbocycles. The first kappa shape index (κ1) is 26.0. The van der Waals surface area contributed by atoms with Crippen molar-refractivity contribution in [2.24, 2.45) is 0 Å². The van der Waals surface area contributed by atoms with E-state index < -0.39 is 0 Å². The normalized spacial score (nSPS) is 11.1.